The van der Waals surface area contributed by atoms with Crippen molar-refractivity contribution in [1.29, 1.82) is 0 Å². The van der Waals surface area contributed by atoms with Crippen LogP contribution in [0.4, 0.5) is 0 Å². The van der Waals surface area contributed by atoms with Crippen molar-refractivity contribution in [2.75, 3.05) is 14.2 Å². The summed E-state index contributed by atoms with van der Waals surface area (Å²) in [5.41, 5.74) is 3.15. The minimum absolute atomic E-state index is 0.00213. The lowest BCUT2D eigenvalue weighted by atomic mass is 9.73. The van der Waals surface area contributed by atoms with Gasteiger partial charge in [-0.15, -0.1) is 0 Å². The van der Waals surface area contributed by atoms with E-state index in [1.54, 1.807) is 19.2 Å². The van der Waals surface area contributed by atoms with Gasteiger partial charge in [-0.25, -0.2) is 0 Å². The second-order valence-corrected chi connectivity index (χ2v) is 8.41. The Morgan fingerprint density at radius 2 is 1.73 bits per heavy atom. The summed E-state index contributed by atoms with van der Waals surface area (Å²) in [4.78, 5) is 25.7. The molecule has 0 spiro atoms. The number of amides is 1. The first-order valence-corrected chi connectivity index (χ1v) is 10.5. The SMILES string of the molecule is COc1ccc([C@@H]2CC(=O)C3=C(C2)NC(=O)C[C@H]3c2cc(Br)c(O)c(OC)c2)cc1. The average molecular weight is 472 g/mol. The van der Waals surface area contributed by atoms with Gasteiger partial charge in [-0.3, -0.25) is 9.59 Å². The Morgan fingerprint density at radius 3 is 2.40 bits per heavy atom. The molecule has 0 unspecified atom stereocenters. The van der Waals surface area contributed by atoms with Crippen molar-refractivity contribution in [2.24, 2.45) is 0 Å². The van der Waals surface area contributed by atoms with Crippen molar-refractivity contribution in [3.63, 3.8) is 0 Å². The van der Waals surface area contributed by atoms with Gasteiger partial charge in [0.05, 0.1) is 18.7 Å². The summed E-state index contributed by atoms with van der Waals surface area (Å²) in [5, 5.41) is 13.0. The zero-order valence-electron chi connectivity index (χ0n) is 16.7. The van der Waals surface area contributed by atoms with E-state index in [1.807, 2.05) is 24.3 Å². The quantitative estimate of drug-likeness (QED) is 0.698. The Balaban J connectivity index is 1.71. The molecule has 1 aliphatic heterocycles. The number of halogens is 1. The molecule has 0 saturated carbocycles. The fraction of sp³-hybridized carbons (Fsp3) is 0.304. The summed E-state index contributed by atoms with van der Waals surface area (Å²) in [7, 11) is 3.08. The predicted octanol–water partition coefficient (Wildman–Crippen LogP) is 4.18. The number of phenols is 1. The topological polar surface area (TPSA) is 84.9 Å². The molecule has 0 saturated heterocycles. The number of nitrogens with one attached hydrogen (secondary N) is 1. The summed E-state index contributed by atoms with van der Waals surface area (Å²) < 4.78 is 10.9. The summed E-state index contributed by atoms with van der Waals surface area (Å²) in [5.74, 6) is 0.595. The first kappa shape index (κ1) is 20.5. The third-order valence-electron chi connectivity index (χ3n) is 5.80. The Labute approximate surface area is 183 Å². The van der Waals surface area contributed by atoms with E-state index in [9.17, 15) is 14.7 Å². The lowest BCUT2D eigenvalue weighted by Crippen LogP contribution is -2.38. The number of carbonyl (C=O) groups excluding carboxylic acids is 2. The van der Waals surface area contributed by atoms with Gasteiger partial charge in [0.15, 0.2) is 17.3 Å². The molecule has 0 radical (unpaired) electrons. The molecule has 1 heterocycles. The lowest BCUT2D eigenvalue weighted by Gasteiger charge is -2.34. The average Bonchev–Trinajstić information content (AvgIpc) is 2.74. The predicted molar refractivity (Wildman–Crippen MR) is 115 cm³/mol. The van der Waals surface area contributed by atoms with Crippen LogP contribution in [0.3, 0.4) is 0 Å². The summed E-state index contributed by atoms with van der Waals surface area (Å²) in [6, 6.07) is 11.1. The molecular formula is C23H22BrNO5. The molecule has 1 aliphatic carbocycles. The van der Waals surface area contributed by atoms with Gasteiger partial charge in [-0.2, -0.15) is 0 Å². The number of aromatic hydroxyl groups is 1. The maximum atomic E-state index is 13.2. The summed E-state index contributed by atoms with van der Waals surface area (Å²) >= 11 is 3.33. The highest BCUT2D eigenvalue weighted by Gasteiger charge is 2.38. The highest BCUT2D eigenvalue weighted by molar-refractivity contribution is 9.10. The van der Waals surface area contributed by atoms with Gasteiger partial charge < -0.3 is 19.9 Å². The number of carbonyl (C=O) groups is 2. The largest absolute Gasteiger partial charge is 0.503 e. The van der Waals surface area contributed by atoms with E-state index >= 15 is 0 Å². The molecule has 2 aliphatic rings. The monoisotopic (exact) mass is 471 g/mol. The van der Waals surface area contributed by atoms with E-state index in [-0.39, 0.29) is 35.7 Å². The fourth-order valence-corrected chi connectivity index (χ4v) is 4.77. The minimum atomic E-state index is -0.371. The first-order chi connectivity index (χ1) is 14.4. The molecule has 2 N–H and O–H groups in total. The van der Waals surface area contributed by atoms with Crippen LogP contribution in [-0.2, 0) is 9.59 Å². The van der Waals surface area contributed by atoms with Crippen LogP contribution in [-0.4, -0.2) is 31.0 Å². The Hall–Kier alpha value is -2.80. The molecule has 0 fully saturated rings. The number of ketones is 1. The number of hydrogen-bond acceptors (Lipinski definition) is 5. The molecular weight excluding hydrogens is 450 g/mol. The van der Waals surface area contributed by atoms with Gasteiger partial charge in [0, 0.05) is 30.0 Å². The van der Waals surface area contributed by atoms with Gasteiger partial charge in [-0.1, -0.05) is 12.1 Å². The number of benzene rings is 2. The second kappa shape index (κ2) is 8.14. The van der Waals surface area contributed by atoms with Crippen molar-refractivity contribution < 1.29 is 24.2 Å². The molecule has 4 rings (SSSR count). The number of allylic oxidation sites excluding steroid dienone is 2. The van der Waals surface area contributed by atoms with Crippen LogP contribution in [0.15, 0.2) is 52.1 Å². The lowest BCUT2D eigenvalue weighted by molar-refractivity contribution is -0.122. The van der Waals surface area contributed by atoms with Crippen LogP contribution in [0.2, 0.25) is 0 Å². The number of rotatable bonds is 4. The maximum absolute atomic E-state index is 13.2. The Kier molecular flexibility index (Phi) is 5.56. The van der Waals surface area contributed by atoms with Crippen molar-refractivity contribution in [2.45, 2.75) is 31.1 Å². The Bertz CT molecular complexity index is 1040. The zero-order valence-corrected chi connectivity index (χ0v) is 18.3. The van der Waals surface area contributed by atoms with Crippen molar-refractivity contribution >= 4 is 27.6 Å². The molecule has 2 atom stereocenters. The molecule has 1 amide bonds. The first-order valence-electron chi connectivity index (χ1n) is 9.67. The smallest absolute Gasteiger partial charge is 0.225 e. The number of Topliss-reactive ketones (excluding diaryl/α,β-unsaturated/α-hetero) is 1. The van der Waals surface area contributed by atoms with E-state index in [4.69, 9.17) is 9.47 Å². The van der Waals surface area contributed by atoms with Crippen LogP contribution in [0, 0.1) is 0 Å². The van der Waals surface area contributed by atoms with Crippen molar-refractivity contribution in [3.8, 4) is 17.2 Å². The van der Waals surface area contributed by atoms with Gasteiger partial charge >= 0.3 is 0 Å². The molecule has 2 aromatic carbocycles. The standard InChI is InChI=1S/C23H22BrNO5/c1-29-15-5-3-12(4-6-15)13-8-18-22(19(26)9-13)16(11-21(27)25-18)14-7-17(24)23(28)20(10-14)30-2/h3-7,10,13,16,28H,8-9,11H2,1-2H3,(H,25,27)/t13-,16-/m0/s1. The molecule has 156 valence electrons. The molecule has 2 aromatic rings. The van der Waals surface area contributed by atoms with Crippen LogP contribution < -0.4 is 14.8 Å². The second-order valence-electron chi connectivity index (χ2n) is 7.55. The summed E-state index contributed by atoms with van der Waals surface area (Å²) in [6.45, 7) is 0. The zero-order chi connectivity index (χ0) is 21.4. The van der Waals surface area contributed by atoms with E-state index in [2.05, 4.69) is 21.2 Å². The van der Waals surface area contributed by atoms with Crippen LogP contribution in [0.1, 0.15) is 42.2 Å². The van der Waals surface area contributed by atoms with Gasteiger partial charge in [-0.05, 0) is 63.7 Å². The van der Waals surface area contributed by atoms with Gasteiger partial charge in [0.1, 0.15) is 5.75 Å². The van der Waals surface area contributed by atoms with Gasteiger partial charge in [0.2, 0.25) is 5.91 Å². The van der Waals surface area contributed by atoms with E-state index in [0.29, 0.717) is 34.3 Å². The van der Waals surface area contributed by atoms with Crippen LogP contribution in [0.25, 0.3) is 0 Å². The third-order valence-corrected chi connectivity index (χ3v) is 6.40. The van der Waals surface area contributed by atoms with E-state index in [1.165, 1.54) is 7.11 Å². The number of phenolic OH excluding ortho intramolecular Hbond substituents is 1. The van der Waals surface area contributed by atoms with Crippen LogP contribution >= 0.6 is 15.9 Å². The number of methoxy groups -OCH3 is 2. The molecule has 7 heteroatoms. The molecule has 0 bridgehead atoms. The van der Waals surface area contributed by atoms with Crippen molar-refractivity contribution in [1.82, 2.24) is 5.32 Å². The normalized spacial score (nSPS) is 21.2. The third kappa shape index (κ3) is 3.69. The highest BCUT2D eigenvalue weighted by atomic mass is 79.9. The minimum Gasteiger partial charge on any atom is -0.503 e. The fourth-order valence-electron chi connectivity index (χ4n) is 4.31. The number of ether oxygens (including phenoxy) is 2. The highest BCUT2D eigenvalue weighted by Crippen LogP contribution is 2.45. The van der Waals surface area contributed by atoms with E-state index in [0.717, 1.165) is 16.9 Å². The van der Waals surface area contributed by atoms with Crippen molar-refractivity contribution in [3.05, 3.63) is 63.3 Å². The number of hydrogen-bond donors (Lipinski definition) is 2. The molecule has 0 aromatic heterocycles. The Morgan fingerprint density at radius 1 is 1.00 bits per heavy atom. The summed E-state index contributed by atoms with van der Waals surface area (Å²) in [6.07, 6.45) is 1.15. The maximum Gasteiger partial charge on any atom is 0.225 e. The van der Waals surface area contributed by atoms with E-state index < -0.39 is 0 Å². The van der Waals surface area contributed by atoms with Gasteiger partial charge in [0.25, 0.3) is 0 Å². The molecule has 6 nitrogen and oxygen atoms in total. The molecule has 30 heavy (non-hydrogen) atoms. The van der Waals surface area contributed by atoms with Crippen LogP contribution in [0.5, 0.6) is 17.2 Å².